The Morgan fingerprint density at radius 1 is 1.21 bits per heavy atom. The molecule has 2 rings (SSSR count). The van der Waals surface area contributed by atoms with Gasteiger partial charge in [-0.25, -0.2) is 9.59 Å². The van der Waals surface area contributed by atoms with E-state index in [1.807, 2.05) is 0 Å². The Kier molecular flexibility index (Phi) is 12.0. The van der Waals surface area contributed by atoms with E-state index < -0.39 is 20.6 Å². The van der Waals surface area contributed by atoms with Gasteiger partial charge in [-0.1, -0.05) is 12.8 Å². The maximum Gasteiger partial charge on any atom is 0.321 e. The average Bonchev–Trinajstić information content (AvgIpc) is 2.74. The van der Waals surface area contributed by atoms with Crippen molar-refractivity contribution in [3.05, 3.63) is 22.1 Å². The molecule has 6 N–H and O–H groups in total. The van der Waals surface area contributed by atoms with Crippen LogP contribution in [0.25, 0.3) is 0 Å². The first-order valence-electron chi connectivity index (χ1n) is 11.8. The summed E-state index contributed by atoms with van der Waals surface area (Å²) in [5, 5.41) is 20.4. The van der Waals surface area contributed by atoms with Gasteiger partial charge in [-0.2, -0.15) is 4.98 Å². The van der Waals surface area contributed by atoms with Crippen LogP contribution in [-0.4, -0.2) is 80.7 Å². The number of unbranched alkanes of at least 4 members (excludes halogenated alkanes) is 3. The minimum atomic E-state index is -1.28. The van der Waals surface area contributed by atoms with Gasteiger partial charge in [-0.05, 0) is 39.3 Å². The molecular formula is C21H38N6O6Si. The molecule has 0 saturated carbocycles. The van der Waals surface area contributed by atoms with Crippen molar-refractivity contribution in [1.29, 1.82) is 0 Å². The second kappa shape index (κ2) is 14.7. The van der Waals surface area contributed by atoms with Crippen LogP contribution in [0, 0.1) is 6.92 Å². The number of aliphatic hydroxyl groups excluding tert-OH is 1. The van der Waals surface area contributed by atoms with Gasteiger partial charge in [0, 0.05) is 24.8 Å². The normalized spacial score (nSPS) is 20.1. The van der Waals surface area contributed by atoms with Crippen molar-refractivity contribution in [2.75, 3.05) is 31.6 Å². The second-order valence-corrected chi connectivity index (χ2v) is 11.0. The van der Waals surface area contributed by atoms with E-state index in [4.69, 9.17) is 9.16 Å². The third-order valence-electron chi connectivity index (χ3n) is 5.19. The third-order valence-corrected chi connectivity index (χ3v) is 6.08. The summed E-state index contributed by atoms with van der Waals surface area (Å²) in [5.41, 5.74) is 0.202. The lowest BCUT2D eigenvalue weighted by Crippen LogP contribution is -2.53. The third kappa shape index (κ3) is 10.6. The maximum atomic E-state index is 12.2. The Morgan fingerprint density at radius 2 is 1.88 bits per heavy atom. The number of aryl methyl sites for hydroxylation is 1. The Balaban J connectivity index is 1.51. The first kappa shape index (κ1) is 27.8. The molecule has 13 heteroatoms. The zero-order valence-electron chi connectivity index (χ0n) is 20.2. The molecule has 0 aromatic carbocycles. The number of aliphatic hydroxyl groups is 1. The highest BCUT2D eigenvalue weighted by atomic mass is 28.3. The van der Waals surface area contributed by atoms with Crippen molar-refractivity contribution in [2.24, 2.45) is 0 Å². The number of anilines is 1. The van der Waals surface area contributed by atoms with Gasteiger partial charge in [-0.3, -0.25) is 10.1 Å². The molecule has 1 aliphatic heterocycles. The Morgan fingerprint density at radius 3 is 2.50 bits per heavy atom. The predicted molar refractivity (Wildman–Crippen MR) is 131 cm³/mol. The minimum absolute atomic E-state index is 0.0876. The number of rotatable bonds is 12. The molecule has 4 amide bonds. The van der Waals surface area contributed by atoms with Crippen LogP contribution in [0.5, 0.6) is 0 Å². The van der Waals surface area contributed by atoms with E-state index in [0.717, 1.165) is 25.7 Å². The lowest BCUT2D eigenvalue weighted by atomic mass is 10.0. The lowest BCUT2D eigenvalue weighted by Gasteiger charge is -2.36. The van der Waals surface area contributed by atoms with Gasteiger partial charge >= 0.3 is 12.1 Å². The fourth-order valence-corrected chi connectivity index (χ4v) is 4.63. The zero-order valence-corrected chi connectivity index (χ0v) is 21.3. The molecule has 2 heterocycles. The molecule has 0 radical (unpaired) electrons. The van der Waals surface area contributed by atoms with E-state index in [9.17, 15) is 19.5 Å². The van der Waals surface area contributed by atoms with Crippen LogP contribution in [0.15, 0.2) is 10.9 Å². The van der Waals surface area contributed by atoms with Crippen LogP contribution in [0.3, 0.4) is 0 Å². The Labute approximate surface area is 201 Å². The van der Waals surface area contributed by atoms with E-state index in [1.165, 1.54) is 6.07 Å². The van der Waals surface area contributed by atoms with Crippen LogP contribution >= 0.6 is 0 Å². The first-order valence-corrected chi connectivity index (χ1v) is 14.6. The van der Waals surface area contributed by atoms with Gasteiger partial charge in [0.2, 0.25) is 5.95 Å². The second-order valence-electron chi connectivity index (χ2n) is 8.66. The predicted octanol–water partition coefficient (Wildman–Crippen LogP) is 0.578. The van der Waals surface area contributed by atoms with Crippen molar-refractivity contribution in [3.63, 3.8) is 0 Å². The number of H-pyrrole nitrogens is 1. The monoisotopic (exact) mass is 498 g/mol. The SMILES string of the molecule is Cc1cc(=O)nc(NC(=O)NCCCCCCNC(=O)N[C@H]2CO[C@H](CO)[C@@H](O[SiH](C)C)C2)[nH]1. The summed E-state index contributed by atoms with van der Waals surface area (Å²) < 4.78 is 11.6. The molecule has 0 unspecified atom stereocenters. The molecule has 1 aromatic rings. The number of hydrogen-bond acceptors (Lipinski definition) is 7. The fraction of sp³-hybridized carbons (Fsp3) is 0.714. The van der Waals surface area contributed by atoms with E-state index in [1.54, 1.807) is 6.92 Å². The van der Waals surface area contributed by atoms with E-state index in [2.05, 4.69) is 44.3 Å². The highest BCUT2D eigenvalue weighted by Crippen LogP contribution is 2.18. The standard InChI is InChI=1S/C21H38N6O6Si/c1-14-10-18(29)26-19(24-14)27-21(31)23-9-7-5-4-6-8-22-20(30)25-15-11-16(33-34(2)3)17(12-28)32-13-15/h10,15-17,28,34H,4-9,11-13H2,1-3H3,(H2,22,25,30)(H3,23,24,26,27,29,31)/t15-,16+,17-/m1/s1. The number of ether oxygens (including phenoxy) is 1. The average molecular weight is 499 g/mol. The number of carbonyl (C=O) groups is 2. The molecule has 0 spiro atoms. The maximum absolute atomic E-state index is 12.2. The summed E-state index contributed by atoms with van der Waals surface area (Å²) in [7, 11) is -1.28. The molecule has 0 aliphatic carbocycles. The molecular weight excluding hydrogens is 460 g/mol. The number of amides is 4. The minimum Gasteiger partial charge on any atom is -0.415 e. The van der Waals surface area contributed by atoms with Crippen molar-refractivity contribution >= 4 is 27.1 Å². The van der Waals surface area contributed by atoms with Crippen LogP contribution in [-0.2, 0) is 9.16 Å². The molecule has 1 saturated heterocycles. The molecule has 34 heavy (non-hydrogen) atoms. The zero-order chi connectivity index (χ0) is 24.9. The van der Waals surface area contributed by atoms with Crippen LogP contribution < -0.4 is 26.8 Å². The number of nitrogens with zero attached hydrogens (tertiary/aromatic N) is 1. The van der Waals surface area contributed by atoms with Gasteiger partial charge < -0.3 is 35.2 Å². The van der Waals surface area contributed by atoms with Gasteiger partial charge in [0.25, 0.3) is 5.56 Å². The lowest BCUT2D eigenvalue weighted by molar-refractivity contribution is -0.0957. The van der Waals surface area contributed by atoms with Crippen LogP contribution in [0.1, 0.15) is 37.8 Å². The summed E-state index contributed by atoms with van der Waals surface area (Å²) in [4.78, 5) is 41.8. The van der Waals surface area contributed by atoms with Crippen molar-refractivity contribution in [3.8, 4) is 0 Å². The summed E-state index contributed by atoms with van der Waals surface area (Å²) in [6.45, 7) is 7.16. The molecule has 0 bridgehead atoms. The van der Waals surface area contributed by atoms with Gasteiger partial charge in [0.05, 0.1) is 25.4 Å². The number of carbonyl (C=O) groups excluding carboxylic acids is 2. The van der Waals surface area contributed by atoms with Gasteiger partial charge in [0.1, 0.15) is 6.10 Å². The van der Waals surface area contributed by atoms with Gasteiger partial charge in [0.15, 0.2) is 9.04 Å². The fourth-order valence-electron chi connectivity index (χ4n) is 3.64. The molecule has 1 aliphatic rings. The Bertz CT molecular complexity index is 838. The molecule has 1 aromatic heterocycles. The highest BCUT2D eigenvalue weighted by Gasteiger charge is 2.32. The summed E-state index contributed by atoms with van der Waals surface area (Å²) in [5.74, 6) is 0.115. The molecule has 3 atom stereocenters. The quantitative estimate of drug-likeness (QED) is 0.181. The first-order chi connectivity index (χ1) is 16.3. The molecule has 1 fully saturated rings. The molecule has 12 nitrogen and oxygen atoms in total. The van der Waals surface area contributed by atoms with E-state index in [0.29, 0.717) is 31.8 Å². The highest BCUT2D eigenvalue weighted by molar-refractivity contribution is 6.48. The van der Waals surface area contributed by atoms with Crippen LogP contribution in [0.4, 0.5) is 15.5 Å². The summed E-state index contributed by atoms with van der Waals surface area (Å²) >= 11 is 0. The Hall–Kier alpha value is -2.48. The number of hydrogen-bond donors (Lipinski definition) is 6. The van der Waals surface area contributed by atoms with Crippen molar-refractivity contribution < 1.29 is 23.9 Å². The van der Waals surface area contributed by atoms with E-state index in [-0.39, 0.29) is 36.8 Å². The van der Waals surface area contributed by atoms with Crippen molar-refractivity contribution in [1.82, 2.24) is 25.9 Å². The summed E-state index contributed by atoms with van der Waals surface area (Å²) in [6.07, 6.45) is 3.54. The van der Waals surface area contributed by atoms with Crippen molar-refractivity contribution in [2.45, 2.75) is 70.4 Å². The van der Waals surface area contributed by atoms with Crippen LogP contribution in [0.2, 0.25) is 13.1 Å². The van der Waals surface area contributed by atoms with Gasteiger partial charge in [-0.15, -0.1) is 0 Å². The topological polar surface area (TPSA) is 167 Å². The number of aromatic nitrogens is 2. The summed E-state index contributed by atoms with van der Waals surface area (Å²) in [6, 6.07) is 0.536. The van der Waals surface area contributed by atoms with E-state index >= 15 is 0 Å². The number of urea groups is 2. The number of aromatic amines is 1. The number of nitrogens with one attached hydrogen (secondary N) is 5. The largest absolute Gasteiger partial charge is 0.415 e. The molecule has 192 valence electrons. The smallest absolute Gasteiger partial charge is 0.321 e.